The van der Waals surface area contributed by atoms with Gasteiger partial charge >= 0.3 is 6.09 Å². The largest absolute Gasteiger partial charge is 0.444 e. The van der Waals surface area contributed by atoms with Gasteiger partial charge in [0, 0.05) is 6.54 Å². The van der Waals surface area contributed by atoms with Crippen LogP contribution in [0.3, 0.4) is 0 Å². The number of nitrogens with one attached hydrogen (secondary N) is 2. The van der Waals surface area contributed by atoms with Crippen molar-refractivity contribution in [2.24, 2.45) is 11.5 Å². The molecule has 30 heavy (non-hydrogen) atoms. The van der Waals surface area contributed by atoms with E-state index in [4.69, 9.17) is 16.2 Å². The van der Waals surface area contributed by atoms with Gasteiger partial charge in [-0.2, -0.15) is 0 Å². The first kappa shape index (κ1) is 24.0. The minimum Gasteiger partial charge on any atom is -0.444 e. The lowest BCUT2D eigenvalue weighted by Gasteiger charge is -2.44. The van der Waals surface area contributed by atoms with Crippen LogP contribution in [0.1, 0.15) is 31.7 Å². The molecule has 0 unspecified atom stereocenters. The summed E-state index contributed by atoms with van der Waals surface area (Å²) in [5.41, 5.74) is 15.0. The normalized spacial score (nSPS) is 24.9. The predicted octanol–water partition coefficient (Wildman–Crippen LogP) is -0.805. The van der Waals surface area contributed by atoms with Crippen molar-refractivity contribution in [2.45, 2.75) is 63.1 Å². The molecule has 0 radical (unpaired) electrons. The summed E-state index contributed by atoms with van der Waals surface area (Å²) >= 11 is 0. The van der Waals surface area contributed by atoms with Crippen LogP contribution in [0.2, 0.25) is 0 Å². The average Bonchev–Trinajstić information content (AvgIpc) is 2.76. The van der Waals surface area contributed by atoms with Crippen LogP contribution in [0.25, 0.3) is 0 Å². The highest BCUT2D eigenvalue weighted by Gasteiger charge is 2.42. The third kappa shape index (κ3) is 6.64. The van der Waals surface area contributed by atoms with Crippen molar-refractivity contribution in [3.05, 3.63) is 35.9 Å². The molecule has 2 amide bonds. The summed E-state index contributed by atoms with van der Waals surface area (Å²) < 4.78 is 5.30. The Bertz CT molecular complexity index is 677. The molecule has 168 valence electrons. The number of aliphatic hydroxyl groups excluding tert-OH is 2. The molecule has 1 aromatic rings. The van der Waals surface area contributed by atoms with E-state index in [1.165, 1.54) is 0 Å². The molecule has 1 saturated heterocycles. The third-order valence-corrected chi connectivity index (χ3v) is 5.17. The number of ether oxygens (including phenoxy) is 1. The van der Waals surface area contributed by atoms with Crippen molar-refractivity contribution in [3.8, 4) is 0 Å². The Labute approximate surface area is 176 Å². The number of benzene rings is 1. The highest BCUT2D eigenvalue weighted by atomic mass is 16.6. The number of amides is 2. The molecule has 8 N–H and O–H groups in total. The molecule has 0 bridgehead atoms. The average molecular weight is 424 g/mol. The van der Waals surface area contributed by atoms with Crippen molar-refractivity contribution in [1.82, 2.24) is 15.8 Å². The first-order chi connectivity index (χ1) is 14.3. The lowest BCUT2D eigenvalue weighted by atomic mass is 9.97. The van der Waals surface area contributed by atoms with Crippen LogP contribution in [0.15, 0.2) is 30.3 Å². The molecule has 0 spiro atoms. The Morgan fingerprint density at radius 3 is 2.60 bits per heavy atom. The van der Waals surface area contributed by atoms with Crippen molar-refractivity contribution < 1.29 is 24.5 Å². The van der Waals surface area contributed by atoms with Gasteiger partial charge in [0.05, 0.1) is 18.1 Å². The van der Waals surface area contributed by atoms with Crippen LogP contribution >= 0.6 is 0 Å². The van der Waals surface area contributed by atoms with Crippen molar-refractivity contribution >= 4 is 12.0 Å². The minimum atomic E-state index is -1.21. The number of nitrogens with two attached hydrogens (primary N) is 2. The number of aliphatic hydroxyl groups is 2. The SMILES string of the molecule is C[C@H]1[C@@H](O)[C@@H](O)[C@H](CNC(=O)[C@@H](N)CCCCN)NN1C(=O)OCc1ccccc1. The van der Waals surface area contributed by atoms with Crippen LogP contribution in [0.4, 0.5) is 4.79 Å². The van der Waals surface area contributed by atoms with E-state index in [2.05, 4.69) is 10.7 Å². The van der Waals surface area contributed by atoms with Gasteiger partial charge in [0.25, 0.3) is 0 Å². The zero-order valence-corrected chi connectivity index (χ0v) is 17.2. The molecule has 10 nitrogen and oxygen atoms in total. The smallest absolute Gasteiger partial charge is 0.424 e. The molecule has 1 heterocycles. The Hall–Kier alpha value is -2.24. The summed E-state index contributed by atoms with van der Waals surface area (Å²) in [6.07, 6.45) is -1.06. The van der Waals surface area contributed by atoms with Gasteiger partial charge in [0.1, 0.15) is 18.8 Å². The lowest BCUT2D eigenvalue weighted by molar-refractivity contribution is -0.125. The van der Waals surface area contributed by atoms with E-state index < -0.39 is 36.4 Å². The fourth-order valence-corrected chi connectivity index (χ4v) is 3.20. The molecule has 0 aliphatic carbocycles. The number of hydrogen-bond donors (Lipinski definition) is 6. The maximum Gasteiger partial charge on any atom is 0.424 e. The fourth-order valence-electron chi connectivity index (χ4n) is 3.20. The Morgan fingerprint density at radius 2 is 1.93 bits per heavy atom. The number of nitrogens with zero attached hydrogens (tertiary/aromatic N) is 1. The number of hydrogen-bond acceptors (Lipinski definition) is 8. The molecule has 5 atom stereocenters. The molecule has 1 aliphatic rings. The number of carbonyl (C=O) groups excluding carboxylic acids is 2. The van der Waals surface area contributed by atoms with Crippen molar-refractivity contribution in [3.63, 3.8) is 0 Å². The van der Waals surface area contributed by atoms with E-state index >= 15 is 0 Å². The Morgan fingerprint density at radius 1 is 1.23 bits per heavy atom. The quantitative estimate of drug-likeness (QED) is 0.281. The van der Waals surface area contributed by atoms with Crippen LogP contribution in [0.5, 0.6) is 0 Å². The number of carbonyl (C=O) groups is 2. The summed E-state index contributed by atoms with van der Waals surface area (Å²) in [5.74, 6) is -0.368. The van der Waals surface area contributed by atoms with E-state index in [0.29, 0.717) is 13.0 Å². The second-order valence-corrected chi connectivity index (χ2v) is 7.50. The monoisotopic (exact) mass is 423 g/mol. The second kappa shape index (κ2) is 11.8. The summed E-state index contributed by atoms with van der Waals surface area (Å²) in [5, 5.41) is 24.5. The van der Waals surface area contributed by atoms with Gasteiger partial charge in [0.15, 0.2) is 0 Å². The third-order valence-electron chi connectivity index (χ3n) is 5.17. The molecular weight excluding hydrogens is 390 g/mol. The zero-order chi connectivity index (χ0) is 22.1. The summed E-state index contributed by atoms with van der Waals surface area (Å²) in [7, 11) is 0. The van der Waals surface area contributed by atoms with Crippen molar-refractivity contribution in [2.75, 3.05) is 13.1 Å². The van der Waals surface area contributed by atoms with Gasteiger partial charge in [-0.15, -0.1) is 0 Å². The maximum atomic E-state index is 12.5. The van der Waals surface area contributed by atoms with Crippen LogP contribution in [0, 0.1) is 0 Å². The van der Waals surface area contributed by atoms with E-state index in [0.717, 1.165) is 23.4 Å². The van der Waals surface area contributed by atoms with Gasteiger partial charge in [-0.1, -0.05) is 36.8 Å². The second-order valence-electron chi connectivity index (χ2n) is 7.50. The molecule has 10 heteroatoms. The topological polar surface area (TPSA) is 163 Å². The predicted molar refractivity (Wildman–Crippen MR) is 111 cm³/mol. The van der Waals surface area contributed by atoms with E-state index in [1.807, 2.05) is 30.3 Å². The van der Waals surface area contributed by atoms with Crippen LogP contribution in [-0.4, -0.2) is 70.6 Å². The van der Waals surface area contributed by atoms with Crippen LogP contribution < -0.4 is 22.2 Å². The highest BCUT2D eigenvalue weighted by Crippen LogP contribution is 2.17. The van der Waals surface area contributed by atoms with Gasteiger partial charge < -0.3 is 31.7 Å². The number of rotatable bonds is 9. The Kier molecular flexibility index (Phi) is 9.47. The van der Waals surface area contributed by atoms with Gasteiger partial charge in [-0.05, 0) is 31.9 Å². The molecule has 1 fully saturated rings. The number of hydrazine groups is 1. The molecule has 1 aromatic carbocycles. The van der Waals surface area contributed by atoms with Crippen LogP contribution in [-0.2, 0) is 16.1 Å². The van der Waals surface area contributed by atoms with E-state index in [1.54, 1.807) is 6.92 Å². The summed E-state index contributed by atoms with van der Waals surface area (Å²) in [6.45, 7) is 2.19. The van der Waals surface area contributed by atoms with Gasteiger partial charge in [-0.25, -0.2) is 15.2 Å². The van der Waals surface area contributed by atoms with E-state index in [9.17, 15) is 19.8 Å². The fraction of sp³-hybridized carbons (Fsp3) is 0.600. The molecule has 2 rings (SSSR count). The Balaban J connectivity index is 1.90. The minimum absolute atomic E-state index is 0.0170. The summed E-state index contributed by atoms with van der Waals surface area (Å²) in [6, 6.07) is 6.99. The highest BCUT2D eigenvalue weighted by molar-refractivity contribution is 5.81. The van der Waals surface area contributed by atoms with Gasteiger partial charge in [-0.3, -0.25) is 4.79 Å². The first-order valence-corrected chi connectivity index (χ1v) is 10.2. The van der Waals surface area contributed by atoms with Crippen molar-refractivity contribution in [1.29, 1.82) is 0 Å². The molecule has 0 aromatic heterocycles. The van der Waals surface area contributed by atoms with E-state index in [-0.39, 0.29) is 19.1 Å². The molecule has 0 saturated carbocycles. The zero-order valence-electron chi connectivity index (χ0n) is 17.2. The van der Waals surface area contributed by atoms with Gasteiger partial charge in [0.2, 0.25) is 5.91 Å². The lowest BCUT2D eigenvalue weighted by Crippen LogP contribution is -2.70. The molecule has 1 aliphatic heterocycles. The standard InChI is InChI=1S/C20H33N5O5/c1-13-17(26)18(27)16(11-23-19(28)15(22)9-5-6-10-21)24-25(13)20(29)30-12-14-7-3-2-4-8-14/h2-4,7-8,13,15-18,24,26-27H,5-6,9-12,21-22H2,1H3,(H,23,28)/t13-,15-,16-,17+,18-/m0/s1. The number of unbranched alkanes of at least 4 members (excludes halogenated alkanes) is 1. The maximum absolute atomic E-state index is 12.5. The molecular formula is C20H33N5O5. The summed E-state index contributed by atoms with van der Waals surface area (Å²) in [4.78, 5) is 24.7. The first-order valence-electron chi connectivity index (χ1n) is 10.2.